The van der Waals surface area contributed by atoms with Gasteiger partial charge < -0.3 is 0 Å². The zero-order valence-electron chi connectivity index (χ0n) is 9.10. The SMILES string of the molecule is CCC(Br)C(=O)c1cc(C)c(C)cc1F. The minimum atomic E-state index is -0.430. The molecule has 0 heterocycles. The molecule has 3 heteroatoms. The number of alkyl halides is 1. The zero-order chi connectivity index (χ0) is 11.6. The normalized spacial score (nSPS) is 12.6. The quantitative estimate of drug-likeness (QED) is 0.604. The fraction of sp³-hybridized carbons (Fsp3) is 0.417. The molecule has 0 saturated carbocycles. The van der Waals surface area contributed by atoms with E-state index in [1.807, 2.05) is 20.8 Å². The van der Waals surface area contributed by atoms with Crippen molar-refractivity contribution in [3.8, 4) is 0 Å². The summed E-state index contributed by atoms with van der Waals surface area (Å²) in [4.78, 5) is 11.5. The van der Waals surface area contributed by atoms with Crippen LogP contribution in [0.25, 0.3) is 0 Å². The summed E-state index contributed by atoms with van der Waals surface area (Å²) in [6.45, 7) is 5.59. The molecule has 0 bridgehead atoms. The Labute approximate surface area is 97.8 Å². The molecule has 0 saturated heterocycles. The maximum absolute atomic E-state index is 13.5. The number of halogens is 2. The Morgan fingerprint density at radius 3 is 2.47 bits per heavy atom. The number of benzene rings is 1. The van der Waals surface area contributed by atoms with Crippen molar-refractivity contribution >= 4 is 21.7 Å². The molecule has 1 aromatic rings. The van der Waals surface area contributed by atoms with Gasteiger partial charge in [0.15, 0.2) is 5.78 Å². The van der Waals surface area contributed by atoms with E-state index in [9.17, 15) is 9.18 Å². The van der Waals surface area contributed by atoms with E-state index in [4.69, 9.17) is 0 Å². The van der Waals surface area contributed by atoms with Gasteiger partial charge >= 0.3 is 0 Å². The van der Waals surface area contributed by atoms with Gasteiger partial charge in [-0.2, -0.15) is 0 Å². The molecule has 0 amide bonds. The second kappa shape index (κ2) is 4.88. The molecule has 0 aliphatic rings. The molecule has 0 aliphatic carbocycles. The van der Waals surface area contributed by atoms with Crippen molar-refractivity contribution in [1.29, 1.82) is 0 Å². The molecule has 82 valence electrons. The molecule has 1 nitrogen and oxygen atoms in total. The van der Waals surface area contributed by atoms with Crippen LogP contribution in [0.4, 0.5) is 4.39 Å². The van der Waals surface area contributed by atoms with Crippen molar-refractivity contribution in [2.75, 3.05) is 0 Å². The number of rotatable bonds is 3. The fourth-order valence-corrected chi connectivity index (χ4v) is 1.57. The molecule has 1 atom stereocenters. The van der Waals surface area contributed by atoms with Crippen LogP contribution in [0.5, 0.6) is 0 Å². The topological polar surface area (TPSA) is 17.1 Å². The number of Topliss-reactive ketones (excluding diaryl/α,β-unsaturated/α-hetero) is 1. The Morgan fingerprint density at radius 2 is 1.93 bits per heavy atom. The van der Waals surface area contributed by atoms with E-state index in [0.717, 1.165) is 11.1 Å². The molecule has 15 heavy (non-hydrogen) atoms. The van der Waals surface area contributed by atoms with Crippen molar-refractivity contribution in [2.45, 2.75) is 32.0 Å². The van der Waals surface area contributed by atoms with Crippen LogP contribution in [-0.4, -0.2) is 10.6 Å². The van der Waals surface area contributed by atoms with Crippen molar-refractivity contribution in [2.24, 2.45) is 0 Å². The summed E-state index contributed by atoms with van der Waals surface area (Å²) in [6.07, 6.45) is 0.658. The summed E-state index contributed by atoms with van der Waals surface area (Å²) in [5.41, 5.74) is 1.99. The Bertz CT molecular complexity index is 387. The lowest BCUT2D eigenvalue weighted by Crippen LogP contribution is -2.15. The van der Waals surface area contributed by atoms with Crippen LogP contribution in [0.2, 0.25) is 0 Å². The summed E-state index contributed by atoms with van der Waals surface area (Å²) in [6, 6.07) is 3.04. The van der Waals surface area contributed by atoms with E-state index >= 15 is 0 Å². The van der Waals surface area contributed by atoms with Gasteiger partial charge in [-0.3, -0.25) is 4.79 Å². The first-order chi connectivity index (χ1) is 6.97. The fourth-order valence-electron chi connectivity index (χ4n) is 1.32. The van der Waals surface area contributed by atoms with Crippen molar-refractivity contribution in [1.82, 2.24) is 0 Å². The van der Waals surface area contributed by atoms with Crippen LogP contribution in [-0.2, 0) is 0 Å². The third kappa shape index (κ3) is 2.65. The van der Waals surface area contributed by atoms with Gasteiger partial charge in [0.2, 0.25) is 0 Å². The lowest BCUT2D eigenvalue weighted by Gasteiger charge is -2.09. The number of hydrogen-bond donors (Lipinski definition) is 0. The Morgan fingerprint density at radius 1 is 1.40 bits per heavy atom. The second-order valence-corrected chi connectivity index (χ2v) is 4.76. The second-order valence-electron chi connectivity index (χ2n) is 3.66. The van der Waals surface area contributed by atoms with Crippen molar-refractivity contribution < 1.29 is 9.18 Å². The molecule has 0 radical (unpaired) electrons. The molecule has 1 aromatic carbocycles. The van der Waals surface area contributed by atoms with Crippen LogP contribution in [0.1, 0.15) is 34.8 Å². The number of ketones is 1. The third-order valence-corrected chi connectivity index (χ3v) is 3.56. The molecular formula is C12H14BrFO. The zero-order valence-corrected chi connectivity index (χ0v) is 10.7. The van der Waals surface area contributed by atoms with Crippen LogP contribution in [0, 0.1) is 19.7 Å². The van der Waals surface area contributed by atoms with Gasteiger partial charge in [0.05, 0.1) is 10.4 Å². The maximum atomic E-state index is 13.5. The molecule has 0 aromatic heterocycles. The minimum Gasteiger partial charge on any atom is -0.293 e. The minimum absolute atomic E-state index is 0.182. The highest BCUT2D eigenvalue weighted by molar-refractivity contribution is 9.10. The largest absolute Gasteiger partial charge is 0.293 e. The predicted molar refractivity (Wildman–Crippen MR) is 63.2 cm³/mol. The molecule has 1 unspecified atom stereocenters. The first kappa shape index (κ1) is 12.4. The molecular weight excluding hydrogens is 259 g/mol. The number of carbonyl (C=O) groups is 1. The average molecular weight is 273 g/mol. The smallest absolute Gasteiger partial charge is 0.179 e. The number of hydrogen-bond acceptors (Lipinski definition) is 1. The van der Waals surface area contributed by atoms with Crippen LogP contribution in [0.15, 0.2) is 12.1 Å². The molecule has 1 rings (SSSR count). The first-order valence-corrected chi connectivity index (χ1v) is 5.84. The number of aryl methyl sites for hydroxylation is 2. The van der Waals surface area contributed by atoms with E-state index in [1.165, 1.54) is 6.07 Å². The Balaban J connectivity index is 3.15. The van der Waals surface area contributed by atoms with Crippen LogP contribution in [0.3, 0.4) is 0 Å². The van der Waals surface area contributed by atoms with Crippen LogP contribution >= 0.6 is 15.9 Å². The van der Waals surface area contributed by atoms with Gasteiger partial charge in [0.1, 0.15) is 5.82 Å². The lowest BCUT2D eigenvalue weighted by atomic mass is 10.0. The lowest BCUT2D eigenvalue weighted by molar-refractivity contribution is 0.0986. The molecule has 0 aliphatic heterocycles. The van der Waals surface area contributed by atoms with Crippen LogP contribution < -0.4 is 0 Å². The first-order valence-electron chi connectivity index (χ1n) is 4.92. The predicted octanol–water partition coefficient (Wildman–Crippen LogP) is 3.80. The van der Waals surface area contributed by atoms with Crippen molar-refractivity contribution in [3.63, 3.8) is 0 Å². The van der Waals surface area contributed by atoms with Gasteiger partial charge in [-0.25, -0.2) is 4.39 Å². The van der Waals surface area contributed by atoms with E-state index in [-0.39, 0.29) is 16.2 Å². The molecule has 0 N–H and O–H groups in total. The van der Waals surface area contributed by atoms with E-state index in [0.29, 0.717) is 6.42 Å². The van der Waals surface area contributed by atoms with Gasteiger partial charge in [0, 0.05) is 0 Å². The average Bonchev–Trinajstić information content (AvgIpc) is 2.21. The monoisotopic (exact) mass is 272 g/mol. The van der Waals surface area contributed by atoms with E-state index in [2.05, 4.69) is 15.9 Å². The maximum Gasteiger partial charge on any atom is 0.179 e. The van der Waals surface area contributed by atoms with Gasteiger partial charge in [-0.05, 0) is 43.5 Å². The van der Waals surface area contributed by atoms with Gasteiger partial charge in [0.25, 0.3) is 0 Å². The highest BCUT2D eigenvalue weighted by atomic mass is 79.9. The number of carbonyl (C=O) groups excluding carboxylic acids is 1. The summed E-state index contributed by atoms with van der Waals surface area (Å²) in [5.74, 6) is -0.612. The van der Waals surface area contributed by atoms with Crippen molar-refractivity contribution in [3.05, 3.63) is 34.6 Å². The highest BCUT2D eigenvalue weighted by Gasteiger charge is 2.19. The Hall–Kier alpha value is -0.700. The van der Waals surface area contributed by atoms with E-state index in [1.54, 1.807) is 6.07 Å². The van der Waals surface area contributed by atoms with Gasteiger partial charge in [-0.15, -0.1) is 0 Å². The third-order valence-electron chi connectivity index (χ3n) is 2.49. The van der Waals surface area contributed by atoms with Gasteiger partial charge in [-0.1, -0.05) is 22.9 Å². The standard InChI is InChI=1S/C12H14BrFO/c1-4-10(13)12(15)9-5-7(2)8(3)6-11(9)14/h5-6,10H,4H2,1-3H3. The van der Waals surface area contributed by atoms with E-state index < -0.39 is 5.82 Å². The summed E-state index contributed by atoms with van der Waals surface area (Å²) < 4.78 is 13.5. The molecule has 0 fully saturated rings. The Kier molecular flexibility index (Phi) is 4.03. The summed E-state index contributed by atoms with van der Waals surface area (Å²) in [5, 5.41) is 0. The highest BCUT2D eigenvalue weighted by Crippen LogP contribution is 2.19. The summed E-state index contributed by atoms with van der Waals surface area (Å²) in [7, 11) is 0. The summed E-state index contributed by atoms with van der Waals surface area (Å²) >= 11 is 3.24. The molecule has 0 spiro atoms.